The normalized spacial score (nSPS) is 11.7. The van der Waals surface area contributed by atoms with Gasteiger partial charge < -0.3 is 10.3 Å². The van der Waals surface area contributed by atoms with Gasteiger partial charge in [0.2, 0.25) is 0 Å². The molecule has 0 saturated heterocycles. The number of nitrogen functional groups attached to an aromatic ring is 1. The summed E-state index contributed by atoms with van der Waals surface area (Å²) in [5.41, 5.74) is 5.26. The molecule has 5 heteroatoms. The standard InChI is InChI=1S/C8H10F2NOP/c1-13(2,12)8-6(10)3-5(9)4-7(8)11/h3-4H,11H2,1-2H3. The summed E-state index contributed by atoms with van der Waals surface area (Å²) in [7, 11) is -2.78. The van der Waals surface area contributed by atoms with Crippen molar-refractivity contribution in [3.63, 3.8) is 0 Å². The lowest BCUT2D eigenvalue weighted by molar-refractivity contribution is 0.578. The van der Waals surface area contributed by atoms with Crippen LogP contribution in [0.4, 0.5) is 14.5 Å². The second-order valence-electron chi connectivity index (χ2n) is 3.18. The molecule has 1 rings (SSSR count). The predicted molar refractivity (Wildman–Crippen MR) is 49.9 cm³/mol. The highest BCUT2D eigenvalue weighted by molar-refractivity contribution is 7.70. The number of anilines is 1. The molecule has 1 aromatic carbocycles. The Hall–Kier alpha value is -0.890. The van der Waals surface area contributed by atoms with Crippen LogP contribution in [0.2, 0.25) is 0 Å². The fraction of sp³-hybridized carbons (Fsp3) is 0.250. The molecule has 0 spiro atoms. The Labute approximate surface area is 75.1 Å². The SMILES string of the molecule is CP(C)(=O)c1c(N)cc(F)cc1F. The third-order valence-electron chi connectivity index (χ3n) is 1.60. The maximum Gasteiger partial charge on any atom is 0.138 e. The van der Waals surface area contributed by atoms with Crippen molar-refractivity contribution in [3.05, 3.63) is 23.8 Å². The van der Waals surface area contributed by atoms with Crippen LogP contribution in [0.25, 0.3) is 0 Å². The summed E-state index contributed by atoms with van der Waals surface area (Å²) in [6.07, 6.45) is 0. The molecule has 0 aliphatic carbocycles. The van der Waals surface area contributed by atoms with Gasteiger partial charge in [0.1, 0.15) is 18.8 Å². The second-order valence-corrected chi connectivity index (χ2v) is 6.33. The zero-order valence-corrected chi connectivity index (χ0v) is 8.24. The van der Waals surface area contributed by atoms with E-state index in [0.29, 0.717) is 6.07 Å². The number of benzene rings is 1. The van der Waals surface area contributed by atoms with Gasteiger partial charge in [-0.1, -0.05) is 0 Å². The van der Waals surface area contributed by atoms with Crippen molar-refractivity contribution in [3.8, 4) is 0 Å². The quantitative estimate of drug-likeness (QED) is 0.561. The van der Waals surface area contributed by atoms with E-state index in [0.717, 1.165) is 6.07 Å². The monoisotopic (exact) mass is 205 g/mol. The number of nitrogens with two attached hydrogens (primary N) is 1. The predicted octanol–water partition coefficient (Wildman–Crippen LogP) is 1.79. The molecule has 0 fully saturated rings. The molecule has 0 aliphatic rings. The van der Waals surface area contributed by atoms with Crippen molar-refractivity contribution < 1.29 is 13.3 Å². The van der Waals surface area contributed by atoms with Crippen molar-refractivity contribution in [2.24, 2.45) is 0 Å². The summed E-state index contributed by atoms with van der Waals surface area (Å²) < 4.78 is 37.2. The molecule has 0 saturated carbocycles. The van der Waals surface area contributed by atoms with Crippen LogP contribution >= 0.6 is 7.14 Å². The van der Waals surface area contributed by atoms with E-state index in [1.54, 1.807) is 0 Å². The van der Waals surface area contributed by atoms with Gasteiger partial charge in [-0.2, -0.15) is 0 Å². The van der Waals surface area contributed by atoms with E-state index in [9.17, 15) is 13.3 Å². The van der Waals surface area contributed by atoms with Gasteiger partial charge in [-0.25, -0.2) is 8.78 Å². The molecule has 0 bridgehead atoms. The smallest absolute Gasteiger partial charge is 0.138 e. The highest BCUT2D eigenvalue weighted by Crippen LogP contribution is 2.38. The molecule has 0 aliphatic heterocycles. The number of rotatable bonds is 1. The van der Waals surface area contributed by atoms with E-state index in [2.05, 4.69) is 0 Å². The van der Waals surface area contributed by atoms with Crippen LogP contribution in [-0.4, -0.2) is 13.3 Å². The van der Waals surface area contributed by atoms with E-state index >= 15 is 0 Å². The summed E-state index contributed by atoms with van der Waals surface area (Å²) in [5.74, 6) is -1.60. The van der Waals surface area contributed by atoms with Crippen LogP contribution in [0, 0.1) is 11.6 Å². The number of hydrogen-bond donors (Lipinski definition) is 1. The second kappa shape index (κ2) is 3.11. The molecule has 13 heavy (non-hydrogen) atoms. The molecular formula is C8H10F2NOP. The van der Waals surface area contributed by atoms with Gasteiger partial charge in [0.05, 0.1) is 5.30 Å². The van der Waals surface area contributed by atoms with Crippen molar-refractivity contribution in [2.75, 3.05) is 19.1 Å². The third kappa shape index (κ3) is 2.07. The highest BCUT2D eigenvalue weighted by atomic mass is 31.2. The lowest BCUT2D eigenvalue weighted by atomic mass is 10.3. The zero-order valence-electron chi connectivity index (χ0n) is 7.34. The molecule has 2 N–H and O–H groups in total. The first-order valence-corrected chi connectivity index (χ1v) is 6.22. The van der Waals surface area contributed by atoms with Crippen molar-refractivity contribution in [1.82, 2.24) is 0 Å². The first-order valence-electron chi connectivity index (χ1n) is 3.62. The van der Waals surface area contributed by atoms with Gasteiger partial charge in [-0.3, -0.25) is 0 Å². The Morgan fingerprint density at radius 3 is 2.23 bits per heavy atom. The van der Waals surface area contributed by atoms with Crippen molar-refractivity contribution in [1.29, 1.82) is 0 Å². The molecule has 0 aromatic heterocycles. The van der Waals surface area contributed by atoms with Crippen LogP contribution in [0.15, 0.2) is 12.1 Å². The molecule has 0 atom stereocenters. The topological polar surface area (TPSA) is 43.1 Å². The van der Waals surface area contributed by atoms with Crippen LogP contribution in [-0.2, 0) is 4.57 Å². The molecule has 0 heterocycles. The molecule has 0 amide bonds. The average molecular weight is 205 g/mol. The Bertz CT molecular complexity index is 363. The molecule has 0 unspecified atom stereocenters. The zero-order chi connectivity index (χ0) is 10.2. The summed E-state index contributed by atoms with van der Waals surface area (Å²) in [4.78, 5) is 0. The van der Waals surface area contributed by atoms with E-state index in [1.807, 2.05) is 0 Å². The summed E-state index contributed by atoms with van der Waals surface area (Å²) in [6.45, 7) is 2.78. The van der Waals surface area contributed by atoms with Gasteiger partial charge >= 0.3 is 0 Å². The first kappa shape index (κ1) is 10.2. The van der Waals surface area contributed by atoms with Gasteiger partial charge in [-0.05, 0) is 19.4 Å². The molecule has 0 radical (unpaired) electrons. The minimum Gasteiger partial charge on any atom is -0.398 e. The minimum absolute atomic E-state index is 0.0751. The Morgan fingerprint density at radius 2 is 1.85 bits per heavy atom. The summed E-state index contributed by atoms with van der Waals surface area (Å²) in [6, 6.07) is 1.66. The molecule has 1 aromatic rings. The lowest BCUT2D eigenvalue weighted by Gasteiger charge is -2.11. The fourth-order valence-electron chi connectivity index (χ4n) is 1.15. The van der Waals surface area contributed by atoms with Gasteiger partial charge in [0.15, 0.2) is 0 Å². The molecule has 72 valence electrons. The summed E-state index contributed by atoms with van der Waals surface area (Å²) >= 11 is 0. The maximum absolute atomic E-state index is 13.1. The molecular weight excluding hydrogens is 195 g/mol. The van der Waals surface area contributed by atoms with Crippen LogP contribution in [0.1, 0.15) is 0 Å². The Morgan fingerprint density at radius 1 is 1.31 bits per heavy atom. The number of halogens is 2. The van der Waals surface area contributed by atoms with Crippen molar-refractivity contribution >= 4 is 18.1 Å². The lowest BCUT2D eigenvalue weighted by Crippen LogP contribution is -2.14. The van der Waals surface area contributed by atoms with Crippen LogP contribution in [0.5, 0.6) is 0 Å². The van der Waals surface area contributed by atoms with Crippen molar-refractivity contribution in [2.45, 2.75) is 0 Å². The third-order valence-corrected chi connectivity index (χ3v) is 3.14. The number of hydrogen-bond acceptors (Lipinski definition) is 2. The Kier molecular flexibility index (Phi) is 2.44. The largest absolute Gasteiger partial charge is 0.398 e. The van der Waals surface area contributed by atoms with E-state index in [1.165, 1.54) is 13.3 Å². The van der Waals surface area contributed by atoms with Crippen LogP contribution in [0.3, 0.4) is 0 Å². The Balaban J connectivity index is 3.47. The van der Waals surface area contributed by atoms with E-state index in [4.69, 9.17) is 5.73 Å². The van der Waals surface area contributed by atoms with Crippen LogP contribution < -0.4 is 11.0 Å². The highest BCUT2D eigenvalue weighted by Gasteiger charge is 2.20. The fourth-order valence-corrected chi connectivity index (χ4v) is 2.42. The first-order chi connectivity index (χ1) is 5.82. The van der Waals surface area contributed by atoms with E-state index in [-0.39, 0.29) is 11.0 Å². The van der Waals surface area contributed by atoms with Gasteiger partial charge in [0, 0.05) is 11.8 Å². The average Bonchev–Trinajstić information content (AvgIpc) is 1.78. The summed E-state index contributed by atoms with van der Waals surface area (Å²) in [5, 5.41) is -0.0751. The van der Waals surface area contributed by atoms with Gasteiger partial charge in [0.25, 0.3) is 0 Å². The maximum atomic E-state index is 13.1. The molecule has 2 nitrogen and oxygen atoms in total. The van der Waals surface area contributed by atoms with Gasteiger partial charge in [-0.15, -0.1) is 0 Å². The van der Waals surface area contributed by atoms with E-state index < -0.39 is 18.8 Å². The minimum atomic E-state index is -2.78.